The van der Waals surface area contributed by atoms with Gasteiger partial charge in [-0.2, -0.15) is 0 Å². The van der Waals surface area contributed by atoms with E-state index < -0.39 is 6.10 Å². The monoisotopic (exact) mass is 358 g/mol. The van der Waals surface area contributed by atoms with Gasteiger partial charge in [0.05, 0.1) is 12.2 Å². The summed E-state index contributed by atoms with van der Waals surface area (Å²) in [6, 6.07) is 9.30. The van der Waals surface area contributed by atoms with Crippen molar-refractivity contribution in [1.82, 2.24) is 0 Å². The second-order valence-electron chi connectivity index (χ2n) is 3.34. The van der Waals surface area contributed by atoms with Gasteiger partial charge in [-0.3, -0.25) is 0 Å². The van der Waals surface area contributed by atoms with Crippen molar-refractivity contribution in [3.63, 3.8) is 0 Å². The molecule has 0 bridgehead atoms. The molecule has 0 aliphatic carbocycles. The van der Waals surface area contributed by atoms with Crippen molar-refractivity contribution in [2.75, 3.05) is 0 Å². The summed E-state index contributed by atoms with van der Waals surface area (Å²) in [4.78, 5) is 9.89. The first-order valence-electron chi connectivity index (χ1n) is 5.62. The van der Waals surface area contributed by atoms with Crippen LogP contribution in [0, 0.1) is 39.2 Å². The predicted octanol–water partition coefficient (Wildman–Crippen LogP) is 1.69. The van der Waals surface area contributed by atoms with Gasteiger partial charge in [-0.1, -0.05) is 36.8 Å². The summed E-state index contributed by atoms with van der Waals surface area (Å²) in [5.41, 5.74) is 0.822. The van der Waals surface area contributed by atoms with E-state index in [0.29, 0.717) is 0 Å². The summed E-state index contributed by atoms with van der Waals surface area (Å²) >= 11 is 0. The molecular formula is C16H14FeO6-. The average molecular weight is 358 g/mol. The molecule has 0 saturated heterocycles. The van der Waals surface area contributed by atoms with Crippen LogP contribution in [0.5, 0.6) is 0 Å². The molecule has 0 fully saturated rings. The van der Waals surface area contributed by atoms with E-state index in [1.807, 2.05) is 30.3 Å². The molecule has 1 aromatic carbocycles. The van der Waals surface area contributed by atoms with Crippen molar-refractivity contribution in [2.24, 2.45) is 0 Å². The fourth-order valence-electron chi connectivity index (χ4n) is 1.20. The third kappa shape index (κ3) is 18.3. The first-order chi connectivity index (χ1) is 10.7. The van der Waals surface area contributed by atoms with Crippen LogP contribution in [0.15, 0.2) is 30.3 Å². The average Bonchev–Trinajstić information content (AvgIpc) is 2.61. The molecule has 23 heavy (non-hydrogen) atoms. The minimum Gasteiger partial charge on any atom is 0 e. The van der Waals surface area contributed by atoms with Crippen molar-refractivity contribution in [2.45, 2.75) is 19.1 Å². The Hall–Kier alpha value is -1.61. The van der Waals surface area contributed by atoms with E-state index >= 15 is 0 Å². The molecule has 1 aromatic rings. The number of aliphatic hydroxyl groups excluding tert-OH is 1. The van der Waals surface area contributed by atoms with Crippen LogP contribution in [0.4, 0.5) is 0 Å². The van der Waals surface area contributed by atoms with E-state index in [1.165, 1.54) is 6.47 Å². The van der Waals surface area contributed by atoms with E-state index in [1.54, 1.807) is 26.2 Å². The standard InChI is InChI=1S/C13H14O3.3CO.Fe/c1-11(16-10-14)6-5-9-13(15)12-7-3-2-4-8-12;3*1-2;/h2-9,11,13,15H,1H3;;;;/q-1;;;;/t11-,13-;;;;/m1..../s1. The van der Waals surface area contributed by atoms with E-state index in [-0.39, 0.29) is 23.2 Å². The van der Waals surface area contributed by atoms with Crippen molar-refractivity contribution in [3.05, 3.63) is 75.1 Å². The van der Waals surface area contributed by atoms with Crippen LogP contribution < -0.4 is 0 Å². The maximum Gasteiger partial charge on any atom is 0 e. The smallest absolute Gasteiger partial charge is 0 e. The topological polar surface area (TPSA) is 106 Å². The SMILES string of the molecule is C[C@H]([CH][CH][CH][C@@H](O)c1ccccc1)O[C-]=O.[C-]#[O+].[C-]#[O+].[C-]#[O+].[Fe]. The fraction of sp³-hybridized carbons (Fsp3) is 0.188. The molecule has 123 valence electrons. The van der Waals surface area contributed by atoms with Gasteiger partial charge < -0.3 is 14.6 Å². The maximum absolute atomic E-state index is 9.89. The first-order valence-corrected chi connectivity index (χ1v) is 5.62. The molecule has 0 saturated carbocycles. The molecule has 1 rings (SSSR count). The molecule has 6 nitrogen and oxygen atoms in total. The quantitative estimate of drug-likeness (QED) is 0.455. The normalized spacial score (nSPS) is 10.1. The molecule has 0 aromatic heterocycles. The van der Waals surface area contributed by atoms with Crippen molar-refractivity contribution in [3.8, 4) is 0 Å². The Balaban J connectivity index is -0.000000231. The number of benzene rings is 1. The van der Waals surface area contributed by atoms with Crippen LogP contribution in [0.3, 0.4) is 0 Å². The molecule has 3 radical (unpaired) electrons. The molecule has 2 atom stereocenters. The molecule has 0 aliphatic rings. The predicted molar refractivity (Wildman–Crippen MR) is 72.3 cm³/mol. The van der Waals surface area contributed by atoms with Gasteiger partial charge >= 0.3 is 33.9 Å². The Labute approximate surface area is 146 Å². The minimum atomic E-state index is -0.648. The van der Waals surface area contributed by atoms with Gasteiger partial charge in [0, 0.05) is 23.5 Å². The van der Waals surface area contributed by atoms with E-state index in [9.17, 15) is 9.90 Å². The summed E-state index contributed by atoms with van der Waals surface area (Å²) in [5, 5.41) is 9.74. The van der Waals surface area contributed by atoms with Crippen molar-refractivity contribution in [1.29, 1.82) is 0 Å². The Morgan fingerprint density at radius 2 is 1.57 bits per heavy atom. The summed E-state index contributed by atoms with van der Waals surface area (Å²) < 4.78 is 27.0. The van der Waals surface area contributed by atoms with E-state index in [0.717, 1.165) is 5.56 Å². The van der Waals surface area contributed by atoms with Gasteiger partial charge in [0.1, 0.15) is 0 Å². The van der Waals surface area contributed by atoms with Gasteiger partial charge in [-0.25, -0.2) is 0 Å². The fourth-order valence-corrected chi connectivity index (χ4v) is 1.20. The Kier molecular flexibility index (Phi) is 32.4. The number of carbonyl (C=O) groups excluding carboxylic acids is 1. The Morgan fingerprint density at radius 1 is 1.09 bits per heavy atom. The Morgan fingerprint density at radius 3 is 2.00 bits per heavy atom. The van der Waals surface area contributed by atoms with Crippen LogP contribution in [-0.2, 0) is 40.6 Å². The first kappa shape index (κ1) is 29.4. The zero-order valence-electron chi connectivity index (χ0n) is 12.1. The molecule has 0 amide bonds. The summed E-state index contributed by atoms with van der Waals surface area (Å²) in [5.74, 6) is 0. The Bertz CT molecular complexity index is 401. The van der Waals surface area contributed by atoms with Crippen LogP contribution in [0.1, 0.15) is 18.6 Å². The summed E-state index contributed by atoms with van der Waals surface area (Å²) in [6.07, 6.45) is 3.97. The van der Waals surface area contributed by atoms with Crippen LogP contribution in [-0.4, -0.2) is 17.7 Å². The van der Waals surface area contributed by atoms with Crippen molar-refractivity contribution >= 4 is 6.47 Å². The van der Waals surface area contributed by atoms with Gasteiger partial charge in [-0.05, 0) is 25.3 Å². The molecule has 0 unspecified atom stereocenters. The third-order valence-corrected chi connectivity index (χ3v) is 2.05. The molecule has 0 aliphatic heterocycles. The van der Waals surface area contributed by atoms with Crippen LogP contribution in [0.2, 0.25) is 0 Å². The van der Waals surface area contributed by atoms with E-state index in [2.05, 4.69) is 24.7 Å². The number of hydrogen-bond acceptors (Lipinski definition) is 3. The second-order valence-corrected chi connectivity index (χ2v) is 3.34. The largest absolute Gasteiger partial charge is 0 e. The van der Waals surface area contributed by atoms with Gasteiger partial charge in [0.25, 0.3) is 0 Å². The maximum atomic E-state index is 9.89. The van der Waals surface area contributed by atoms with Gasteiger partial charge in [0.2, 0.25) is 0 Å². The van der Waals surface area contributed by atoms with Crippen LogP contribution >= 0.6 is 0 Å². The number of ether oxygens (including phenoxy) is 1. The second kappa shape index (κ2) is 25.3. The van der Waals surface area contributed by atoms with Crippen molar-refractivity contribution < 1.29 is 45.7 Å². The van der Waals surface area contributed by atoms with E-state index in [4.69, 9.17) is 14.0 Å². The summed E-state index contributed by atoms with van der Waals surface area (Å²) in [6.45, 7) is 16.6. The van der Waals surface area contributed by atoms with Gasteiger partial charge in [0.15, 0.2) is 0 Å². The zero-order valence-corrected chi connectivity index (χ0v) is 13.2. The van der Waals surface area contributed by atoms with Gasteiger partial charge in [-0.15, -0.1) is 0 Å². The number of rotatable bonds is 7. The number of aliphatic hydroxyl groups is 1. The molecule has 0 heterocycles. The van der Waals surface area contributed by atoms with Crippen LogP contribution in [0.25, 0.3) is 0 Å². The number of hydrogen-bond donors (Lipinski definition) is 1. The third-order valence-electron chi connectivity index (χ3n) is 2.05. The molecule has 1 N–H and O–H groups in total. The molecule has 0 spiro atoms. The summed E-state index contributed by atoms with van der Waals surface area (Å²) in [7, 11) is 0. The minimum absolute atomic E-state index is 0. The zero-order chi connectivity index (χ0) is 17.8. The molecular weight excluding hydrogens is 344 g/mol. The molecule has 7 heteroatoms.